The third-order valence-electron chi connectivity index (χ3n) is 2.95. The highest BCUT2D eigenvalue weighted by molar-refractivity contribution is 4.65. The van der Waals surface area contributed by atoms with Crippen LogP contribution in [0, 0.1) is 0 Å². The Balaban J connectivity index is 3.11. The van der Waals surface area contributed by atoms with Crippen LogP contribution in [-0.2, 0) is 4.74 Å². The zero-order valence-electron chi connectivity index (χ0n) is 11.8. The van der Waals surface area contributed by atoms with Crippen LogP contribution in [0.1, 0.15) is 58.8 Å². The van der Waals surface area contributed by atoms with Crippen molar-refractivity contribution in [2.45, 2.75) is 64.8 Å². The third kappa shape index (κ3) is 13.6. The summed E-state index contributed by atoms with van der Waals surface area (Å²) in [6, 6.07) is 0.625. The standard InChI is InChI=1S/C15H31NO/c1-4-6-8-9-10-11-15(3)16-12-14-17-13-7-5-2/h5,15-16H,2,4,6-14H2,1,3H3. The zero-order valence-corrected chi connectivity index (χ0v) is 11.8. The topological polar surface area (TPSA) is 21.3 Å². The molecule has 0 spiro atoms. The van der Waals surface area contributed by atoms with Crippen molar-refractivity contribution >= 4 is 0 Å². The van der Waals surface area contributed by atoms with E-state index in [4.69, 9.17) is 4.74 Å². The lowest BCUT2D eigenvalue weighted by Gasteiger charge is -2.13. The fraction of sp³-hybridized carbons (Fsp3) is 0.867. The van der Waals surface area contributed by atoms with Crippen LogP contribution in [0.25, 0.3) is 0 Å². The molecule has 0 amide bonds. The van der Waals surface area contributed by atoms with Gasteiger partial charge >= 0.3 is 0 Å². The molecule has 17 heavy (non-hydrogen) atoms. The molecule has 0 aromatic heterocycles. The Labute approximate surface area is 108 Å². The van der Waals surface area contributed by atoms with E-state index in [1.165, 1.54) is 38.5 Å². The largest absolute Gasteiger partial charge is 0.380 e. The van der Waals surface area contributed by atoms with Crippen molar-refractivity contribution in [2.75, 3.05) is 19.8 Å². The highest BCUT2D eigenvalue weighted by Gasteiger charge is 2.00. The molecule has 0 heterocycles. The predicted octanol–water partition coefficient (Wildman–Crippen LogP) is 3.92. The van der Waals surface area contributed by atoms with E-state index in [1.807, 2.05) is 6.08 Å². The zero-order chi connectivity index (χ0) is 12.8. The lowest BCUT2D eigenvalue weighted by molar-refractivity contribution is 0.138. The van der Waals surface area contributed by atoms with Gasteiger partial charge in [0.1, 0.15) is 0 Å². The van der Waals surface area contributed by atoms with Gasteiger partial charge in [0.2, 0.25) is 0 Å². The second kappa shape index (κ2) is 13.7. The van der Waals surface area contributed by atoms with E-state index in [2.05, 4.69) is 25.7 Å². The molecule has 0 fully saturated rings. The molecule has 0 aliphatic carbocycles. The molecule has 0 saturated carbocycles. The molecule has 0 bridgehead atoms. The Hall–Kier alpha value is -0.340. The fourth-order valence-electron chi connectivity index (χ4n) is 1.80. The summed E-state index contributed by atoms with van der Waals surface area (Å²) in [4.78, 5) is 0. The second-order valence-electron chi connectivity index (χ2n) is 4.75. The molecule has 2 nitrogen and oxygen atoms in total. The van der Waals surface area contributed by atoms with Gasteiger partial charge in [-0.2, -0.15) is 0 Å². The molecule has 1 unspecified atom stereocenters. The average molecular weight is 241 g/mol. The second-order valence-corrected chi connectivity index (χ2v) is 4.75. The summed E-state index contributed by atoms with van der Waals surface area (Å²) in [6.45, 7) is 10.8. The lowest BCUT2D eigenvalue weighted by Crippen LogP contribution is -2.29. The van der Waals surface area contributed by atoms with Gasteiger partial charge in [0, 0.05) is 12.6 Å². The number of hydrogen-bond donors (Lipinski definition) is 1. The van der Waals surface area contributed by atoms with Crippen LogP contribution in [0.4, 0.5) is 0 Å². The first-order chi connectivity index (χ1) is 8.31. The fourth-order valence-corrected chi connectivity index (χ4v) is 1.80. The van der Waals surface area contributed by atoms with Gasteiger partial charge in [-0.05, 0) is 19.8 Å². The number of ether oxygens (including phenoxy) is 1. The average Bonchev–Trinajstić information content (AvgIpc) is 2.33. The molecule has 2 heteroatoms. The van der Waals surface area contributed by atoms with Crippen LogP contribution in [0.15, 0.2) is 12.7 Å². The van der Waals surface area contributed by atoms with E-state index >= 15 is 0 Å². The summed E-state index contributed by atoms with van der Waals surface area (Å²) < 4.78 is 5.45. The van der Waals surface area contributed by atoms with Crippen LogP contribution < -0.4 is 5.32 Å². The Bertz CT molecular complexity index is 159. The van der Waals surface area contributed by atoms with Gasteiger partial charge in [-0.3, -0.25) is 0 Å². The normalized spacial score (nSPS) is 12.6. The Morgan fingerprint density at radius 2 is 1.94 bits per heavy atom. The van der Waals surface area contributed by atoms with Crippen molar-refractivity contribution in [1.82, 2.24) is 5.32 Å². The van der Waals surface area contributed by atoms with Crippen LogP contribution in [0.5, 0.6) is 0 Å². The van der Waals surface area contributed by atoms with Gasteiger partial charge in [0.25, 0.3) is 0 Å². The van der Waals surface area contributed by atoms with Gasteiger partial charge < -0.3 is 10.1 Å². The van der Waals surface area contributed by atoms with E-state index in [-0.39, 0.29) is 0 Å². The summed E-state index contributed by atoms with van der Waals surface area (Å²) in [5.74, 6) is 0. The Kier molecular flexibility index (Phi) is 13.4. The highest BCUT2D eigenvalue weighted by Crippen LogP contribution is 2.06. The maximum Gasteiger partial charge on any atom is 0.0591 e. The van der Waals surface area contributed by atoms with Crippen molar-refractivity contribution in [2.24, 2.45) is 0 Å². The first-order valence-electron chi connectivity index (χ1n) is 7.23. The molecule has 1 atom stereocenters. The van der Waals surface area contributed by atoms with E-state index in [0.29, 0.717) is 6.04 Å². The van der Waals surface area contributed by atoms with Crippen LogP contribution in [-0.4, -0.2) is 25.8 Å². The van der Waals surface area contributed by atoms with Crippen LogP contribution >= 0.6 is 0 Å². The maximum absolute atomic E-state index is 5.45. The number of nitrogens with one attached hydrogen (secondary N) is 1. The molecule has 0 aliphatic rings. The summed E-state index contributed by atoms with van der Waals surface area (Å²) in [7, 11) is 0. The van der Waals surface area contributed by atoms with Crippen molar-refractivity contribution in [1.29, 1.82) is 0 Å². The first kappa shape index (κ1) is 16.7. The van der Waals surface area contributed by atoms with Crippen LogP contribution in [0.2, 0.25) is 0 Å². The molecule has 0 radical (unpaired) electrons. The molecule has 0 rings (SSSR count). The van der Waals surface area contributed by atoms with Crippen molar-refractivity contribution in [3.63, 3.8) is 0 Å². The molecular formula is C15H31NO. The molecule has 0 aromatic rings. The SMILES string of the molecule is C=CCCOCCNC(C)CCCCCCC. The first-order valence-corrected chi connectivity index (χ1v) is 7.23. The van der Waals surface area contributed by atoms with E-state index < -0.39 is 0 Å². The number of hydrogen-bond acceptors (Lipinski definition) is 2. The quantitative estimate of drug-likeness (QED) is 0.390. The Morgan fingerprint density at radius 1 is 1.18 bits per heavy atom. The van der Waals surface area contributed by atoms with Crippen LogP contribution in [0.3, 0.4) is 0 Å². The minimum absolute atomic E-state index is 0.625. The van der Waals surface area contributed by atoms with Gasteiger partial charge in [0.05, 0.1) is 13.2 Å². The third-order valence-corrected chi connectivity index (χ3v) is 2.95. The van der Waals surface area contributed by atoms with Crippen molar-refractivity contribution in [3.05, 3.63) is 12.7 Å². The maximum atomic E-state index is 5.45. The summed E-state index contributed by atoms with van der Waals surface area (Å²) >= 11 is 0. The van der Waals surface area contributed by atoms with E-state index in [1.54, 1.807) is 0 Å². The molecule has 1 N–H and O–H groups in total. The monoisotopic (exact) mass is 241 g/mol. The summed E-state index contributed by atoms with van der Waals surface area (Å²) in [6.07, 6.45) is 11.0. The Morgan fingerprint density at radius 3 is 2.65 bits per heavy atom. The smallest absolute Gasteiger partial charge is 0.0591 e. The predicted molar refractivity (Wildman–Crippen MR) is 76.5 cm³/mol. The summed E-state index contributed by atoms with van der Waals surface area (Å²) in [5, 5.41) is 3.50. The lowest BCUT2D eigenvalue weighted by atomic mass is 10.1. The minimum Gasteiger partial charge on any atom is -0.380 e. The van der Waals surface area contributed by atoms with E-state index in [9.17, 15) is 0 Å². The molecule has 0 saturated heterocycles. The minimum atomic E-state index is 0.625. The summed E-state index contributed by atoms with van der Waals surface area (Å²) in [5.41, 5.74) is 0. The molecule has 102 valence electrons. The van der Waals surface area contributed by atoms with E-state index in [0.717, 1.165) is 26.2 Å². The van der Waals surface area contributed by atoms with Gasteiger partial charge in [-0.1, -0.05) is 45.1 Å². The van der Waals surface area contributed by atoms with Crippen molar-refractivity contribution in [3.8, 4) is 0 Å². The van der Waals surface area contributed by atoms with Gasteiger partial charge in [-0.25, -0.2) is 0 Å². The number of rotatable bonds is 13. The van der Waals surface area contributed by atoms with Gasteiger partial charge in [0.15, 0.2) is 0 Å². The molecule has 0 aliphatic heterocycles. The number of unbranched alkanes of at least 4 members (excludes halogenated alkanes) is 4. The molecule has 0 aromatic carbocycles. The highest BCUT2D eigenvalue weighted by atomic mass is 16.5. The van der Waals surface area contributed by atoms with Gasteiger partial charge in [-0.15, -0.1) is 6.58 Å². The van der Waals surface area contributed by atoms with Crippen molar-refractivity contribution < 1.29 is 4.74 Å². The molecular weight excluding hydrogens is 210 g/mol.